The predicted molar refractivity (Wildman–Crippen MR) is 114 cm³/mol. The molecule has 1 amide bonds. The van der Waals surface area contributed by atoms with Gasteiger partial charge in [-0.1, -0.05) is 46.8 Å². The average molecular weight is 493 g/mol. The Morgan fingerprint density at radius 1 is 1.18 bits per heavy atom. The number of hydrogen-bond donors (Lipinski definition) is 1. The fourth-order valence-electron chi connectivity index (χ4n) is 3.89. The molecule has 1 aromatic rings. The number of rotatable bonds is 5. The van der Waals surface area contributed by atoms with Gasteiger partial charge in [0.1, 0.15) is 4.90 Å². The van der Waals surface area contributed by atoms with Crippen molar-refractivity contribution in [2.45, 2.75) is 56.0 Å². The number of amides is 1. The zero-order valence-corrected chi connectivity index (χ0v) is 19.2. The van der Waals surface area contributed by atoms with Gasteiger partial charge in [0.15, 0.2) is 0 Å². The smallest absolute Gasteiger partial charge is 0.244 e. The summed E-state index contributed by atoms with van der Waals surface area (Å²) in [6.07, 6.45) is 5.71. The second-order valence-corrected chi connectivity index (χ2v) is 10.8. The number of carbonyl (C=O) groups is 1. The second-order valence-electron chi connectivity index (χ2n) is 7.53. The molecule has 1 aliphatic carbocycles. The lowest BCUT2D eigenvalue weighted by Crippen LogP contribution is -2.55. The van der Waals surface area contributed by atoms with Crippen LogP contribution in [-0.2, 0) is 14.8 Å². The second kappa shape index (κ2) is 9.43. The van der Waals surface area contributed by atoms with E-state index < -0.39 is 10.0 Å². The highest BCUT2D eigenvalue weighted by atomic mass is 79.9. The summed E-state index contributed by atoms with van der Waals surface area (Å²) in [7, 11) is -3.65. The van der Waals surface area contributed by atoms with Crippen molar-refractivity contribution in [2.75, 3.05) is 26.2 Å². The van der Waals surface area contributed by atoms with Crippen LogP contribution in [0, 0.1) is 0 Å². The third kappa shape index (κ3) is 5.08. The van der Waals surface area contributed by atoms with Gasteiger partial charge in [-0.3, -0.25) is 9.69 Å². The van der Waals surface area contributed by atoms with Crippen LogP contribution in [-0.4, -0.2) is 61.8 Å². The van der Waals surface area contributed by atoms with E-state index in [0.29, 0.717) is 26.2 Å². The Hall–Kier alpha value is -0.670. The molecule has 6 nitrogen and oxygen atoms in total. The molecule has 1 heterocycles. The van der Waals surface area contributed by atoms with Crippen molar-refractivity contribution >= 4 is 43.5 Å². The van der Waals surface area contributed by atoms with E-state index in [0.717, 1.165) is 17.3 Å². The predicted octanol–water partition coefficient (Wildman–Crippen LogP) is 3.25. The summed E-state index contributed by atoms with van der Waals surface area (Å²) in [5.74, 6) is 0.0409. The number of benzene rings is 1. The minimum absolute atomic E-state index is 0.0409. The van der Waals surface area contributed by atoms with Crippen LogP contribution in [0.5, 0.6) is 0 Å². The summed E-state index contributed by atoms with van der Waals surface area (Å²) >= 11 is 9.44. The van der Waals surface area contributed by atoms with Crippen LogP contribution in [0.2, 0.25) is 5.02 Å². The molecule has 9 heteroatoms. The van der Waals surface area contributed by atoms with Crippen molar-refractivity contribution in [3.8, 4) is 0 Å². The fraction of sp³-hybridized carbons (Fsp3) is 0.632. The van der Waals surface area contributed by atoms with Crippen LogP contribution in [0.1, 0.15) is 39.0 Å². The van der Waals surface area contributed by atoms with Gasteiger partial charge in [0.25, 0.3) is 0 Å². The maximum Gasteiger partial charge on any atom is 0.244 e. The van der Waals surface area contributed by atoms with Crippen LogP contribution in [0.4, 0.5) is 0 Å². The van der Waals surface area contributed by atoms with E-state index in [1.54, 1.807) is 12.1 Å². The zero-order chi connectivity index (χ0) is 20.3. The van der Waals surface area contributed by atoms with Crippen molar-refractivity contribution in [3.63, 3.8) is 0 Å². The van der Waals surface area contributed by atoms with Crippen LogP contribution >= 0.6 is 27.5 Å². The average Bonchev–Trinajstić information content (AvgIpc) is 2.68. The van der Waals surface area contributed by atoms with Crippen LogP contribution < -0.4 is 5.32 Å². The third-order valence-electron chi connectivity index (χ3n) is 5.66. The minimum atomic E-state index is -3.65. The van der Waals surface area contributed by atoms with Crippen LogP contribution in [0.15, 0.2) is 27.6 Å². The molecule has 0 aromatic heterocycles. The summed E-state index contributed by atoms with van der Waals surface area (Å²) < 4.78 is 28.0. The number of carbonyl (C=O) groups excluding carboxylic acids is 1. The maximum absolute atomic E-state index is 12.9. The monoisotopic (exact) mass is 491 g/mol. The zero-order valence-electron chi connectivity index (χ0n) is 16.0. The van der Waals surface area contributed by atoms with Crippen LogP contribution in [0.25, 0.3) is 0 Å². The molecule has 1 unspecified atom stereocenters. The lowest BCUT2D eigenvalue weighted by Gasteiger charge is -2.37. The molecule has 0 spiro atoms. The van der Waals surface area contributed by atoms with Crippen molar-refractivity contribution in [1.29, 1.82) is 0 Å². The van der Waals surface area contributed by atoms with Gasteiger partial charge >= 0.3 is 0 Å². The topological polar surface area (TPSA) is 69.7 Å². The van der Waals surface area contributed by atoms with E-state index in [4.69, 9.17) is 11.6 Å². The Labute approximate surface area is 180 Å². The first kappa shape index (κ1) is 22.0. The first-order chi connectivity index (χ1) is 13.3. The number of hydrogen-bond acceptors (Lipinski definition) is 4. The van der Waals surface area contributed by atoms with Gasteiger partial charge in [-0.05, 0) is 38.0 Å². The van der Waals surface area contributed by atoms with Crippen molar-refractivity contribution in [3.05, 3.63) is 27.7 Å². The molecule has 1 aromatic carbocycles. The standard InChI is InChI=1S/C19H27BrClN3O3S/c1-14(19(25)22-16-5-3-2-4-6-16)23-9-11-24(12-10-23)28(26,27)18-8-7-15(20)13-17(18)21/h7-8,13-14,16H,2-6,9-12H2,1H3,(H,22,25). The molecular weight excluding hydrogens is 466 g/mol. The van der Waals surface area contributed by atoms with Gasteiger partial charge in [0.05, 0.1) is 11.1 Å². The molecule has 1 saturated heterocycles. The minimum Gasteiger partial charge on any atom is -0.352 e. The van der Waals surface area contributed by atoms with E-state index in [-0.39, 0.29) is 27.9 Å². The van der Waals surface area contributed by atoms with Gasteiger partial charge in [0.2, 0.25) is 15.9 Å². The number of sulfonamides is 1. The summed E-state index contributed by atoms with van der Waals surface area (Å²) in [6, 6.07) is 4.80. The van der Waals surface area contributed by atoms with Crippen molar-refractivity contribution in [2.24, 2.45) is 0 Å². The lowest BCUT2D eigenvalue weighted by molar-refractivity contribution is -0.127. The van der Waals surface area contributed by atoms with Gasteiger partial charge < -0.3 is 5.32 Å². The first-order valence-corrected chi connectivity index (χ1v) is 12.4. The van der Waals surface area contributed by atoms with E-state index in [9.17, 15) is 13.2 Å². The summed E-state index contributed by atoms with van der Waals surface area (Å²) in [5, 5.41) is 3.37. The summed E-state index contributed by atoms with van der Waals surface area (Å²) in [5.41, 5.74) is 0. The molecule has 1 atom stereocenters. The number of halogens is 2. The van der Waals surface area contributed by atoms with Crippen molar-refractivity contribution in [1.82, 2.24) is 14.5 Å². The molecule has 0 bridgehead atoms. The molecule has 2 fully saturated rings. The lowest BCUT2D eigenvalue weighted by atomic mass is 9.95. The Bertz CT molecular complexity index is 807. The SMILES string of the molecule is CC(C(=O)NC1CCCCC1)N1CCN(S(=O)(=O)c2ccc(Br)cc2Cl)CC1. The molecule has 2 aliphatic rings. The number of nitrogens with zero attached hydrogens (tertiary/aromatic N) is 2. The fourth-order valence-corrected chi connectivity index (χ4v) is 6.32. The highest BCUT2D eigenvalue weighted by Gasteiger charge is 2.33. The maximum atomic E-state index is 12.9. The van der Waals surface area contributed by atoms with Gasteiger partial charge in [-0.2, -0.15) is 4.31 Å². The van der Waals surface area contributed by atoms with Gasteiger partial charge in [0, 0.05) is 36.7 Å². The Morgan fingerprint density at radius 3 is 2.43 bits per heavy atom. The van der Waals surface area contributed by atoms with E-state index in [1.807, 2.05) is 11.8 Å². The normalized spacial score (nSPS) is 21.4. The molecule has 0 radical (unpaired) electrons. The largest absolute Gasteiger partial charge is 0.352 e. The molecule has 1 N–H and O–H groups in total. The molecule has 28 heavy (non-hydrogen) atoms. The quantitative estimate of drug-likeness (QED) is 0.685. The van der Waals surface area contributed by atoms with Gasteiger partial charge in [-0.15, -0.1) is 0 Å². The van der Waals surface area contributed by atoms with Gasteiger partial charge in [-0.25, -0.2) is 8.42 Å². The summed E-state index contributed by atoms with van der Waals surface area (Å²) in [4.78, 5) is 14.7. The first-order valence-electron chi connectivity index (χ1n) is 9.78. The molecule has 1 saturated carbocycles. The number of piperazine rings is 1. The van der Waals surface area contributed by atoms with E-state index in [1.165, 1.54) is 29.6 Å². The highest BCUT2D eigenvalue weighted by Crippen LogP contribution is 2.28. The Morgan fingerprint density at radius 2 is 1.82 bits per heavy atom. The highest BCUT2D eigenvalue weighted by molar-refractivity contribution is 9.10. The number of nitrogens with one attached hydrogen (secondary N) is 1. The molecular formula is C19H27BrClN3O3S. The summed E-state index contributed by atoms with van der Waals surface area (Å²) in [6.45, 7) is 3.62. The molecule has 1 aliphatic heterocycles. The Kier molecular flexibility index (Phi) is 7.42. The Balaban J connectivity index is 1.58. The van der Waals surface area contributed by atoms with E-state index >= 15 is 0 Å². The van der Waals surface area contributed by atoms with Crippen LogP contribution in [0.3, 0.4) is 0 Å². The van der Waals surface area contributed by atoms with E-state index in [2.05, 4.69) is 21.2 Å². The molecule has 156 valence electrons. The van der Waals surface area contributed by atoms with Crippen molar-refractivity contribution < 1.29 is 13.2 Å². The molecule has 3 rings (SSSR count). The third-order valence-corrected chi connectivity index (χ3v) is 8.54.